The second kappa shape index (κ2) is 7.42. The fourth-order valence-corrected chi connectivity index (χ4v) is 3.64. The van der Waals surface area contributed by atoms with Crippen LogP contribution >= 0.6 is 11.6 Å². The summed E-state index contributed by atoms with van der Waals surface area (Å²) < 4.78 is 38.1. The van der Waals surface area contributed by atoms with E-state index in [0.717, 1.165) is 12.0 Å². The number of aryl methyl sites for hydroxylation is 1. The molecule has 3 rings (SSSR count). The van der Waals surface area contributed by atoms with E-state index in [1.165, 1.54) is 12.1 Å². The summed E-state index contributed by atoms with van der Waals surface area (Å²) in [5.74, 6) is 1.04. The van der Waals surface area contributed by atoms with Gasteiger partial charge in [-0.3, -0.25) is 0 Å². The zero-order chi connectivity index (χ0) is 17.0. The smallest absolute Gasteiger partial charge is 0.240 e. The molecule has 2 aromatic rings. The van der Waals surface area contributed by atoms with Gasteiger partial charge in [0, 0.05) is 17.6 Å². The molecular formula is C17H18ClNO4S. The highest BCUT2D eigenvalue weighted by Crippen LogP contribution is 2.32. The van der Waals surface area contributed by atoms with Crippen molar-refractivity contribution >= 4 is 21.6 Å². The van der Waals surface area contributed by atoms with Crippen molar-refractivity contribution in [2.45, 2.75) is 17.7 Å². The van der Waals surface area contributed by atoms with Crippen LogP contribution in [0.3, 0.4) is 0 Å². The molecule has 0 spiro atoms. The molecule has 0 fully saturated rings. The zero-order valence-electron chi connectivity index (χ0n) is 13.0. The summed E-state index contributed by atoms with van der Waals surface area (Å²) >= 11 is 5.84. The van der Waals surface area contributed by atoms with E-state index in [4.69, 9.17) is 21.1 Å². The largest absolute Gasteiger partial charge is 0.486 e. The second-order valence-electron chi connectivity index (χ2n) is 5.43. The van der Waals surface area contributed by atoms with E-state index in [1.807, 2.05) is 24.3 Å². The number of fused-ring (bicyclic) bond motifs is 1. The summed E-state index contributed by atoms with van der Waals surface area (Å²) in [7, 11) is -3.56. The average molecular weight is 368 g/mol. The molecule has 0 aromatic heterocycles. The molecule has 0 saturated heterocycles. The van der Waals surface area contributed by atoms with Crippen LogP contribution in [0.4, 0.5) is 0 Å². The first-order valence-corrected chi connectivity index (χ1v) is 9.54. The van der Waals surface area contributed by atoms with Gasteiger partial charge in [-0.15, -0.1) is 0 Å². The molecule has 5 nitrogen and oxygen atoms in total. The van der Waals surface area contributed by atoms with Gasteiger partial charge in [0.2, 0.25) is 10.0 Å². The van der Waals surface area contributed by atoms with Crippen LogP contribution in [0.25, 0.3) is 0 Å². The molecule has 1 heterocycles. The third-order valence-corrected chi connectivity index (χ3v) is 5.38. The molecular weight excluding hydrogens is 350 g/mol. The van der Waals surface area contributed by atoms with Crippen molar-refractivity contribution in [1.29, 1.82) is 0 Å². The van der Waals surface area contributed by atoms with Gasteiger partial charge in [-0.05, 0) is 42.7 Å². The normalized spacial score (nSPS) is 13.7. The highest BCUT2D eigenvalue weighted by molar-refractivity contribution is 7.89. The van der Waals surface area contributed by atoms with Crippen molar-refractivity contribution < 1.29 is 17.9 Å². The number of nitrogens with one attached hydrogen (secondary N) is 1. The highest BCUT2D eigenvalue weighted by atomic mass is 35.5. The minimum atomic E-state index is -3.56. The molecule has 0 aliphatic carbocycles. The van der Waals surface area contributed by atoms with Crippen LogP contribution in [0.2, 0.25) is 5.02 Å². The van der Waals surface area contributed by atoms with E-state index in [-0.39, 0.29) is 4.90 Å². The van der Waals surface area contributed by atoms with Crippen LogP contribution < -0.4 is 14.2 Å². The van der Waals surface area contributed by atoms with Crippen molar-refractivity contribution in [2.24, 2.45) is 0 Å². The molecule has 128 valence electrons. The number of benzene rings is 2. The Morgan fingerprint density at radius 3 is 2.46 bits per heavy atom. The van der Waals surface area contributed by atoms with Crippen LogP contribution in [-0.2, 0) is 16.4 Å². The fraction of sp³-hybridized carbons (Fsp3) is 0.294. The van der Waals surface area contributed by atoms with E-state index >= 15 is 0 Å². The lowest BCUT2D eigenvalue weighted by molar-refractivity contribution is 0.171. The lowest BCUT2D eigenvalue weighted by Gasteiger charge is -2.18. The zero-order valence-corrected chi connectivity index (χ0v) is 14.6. The van der Waals surface area contributed by atoms with Gasteiger partial charge in [0.1, 0.15) is 13.2 Å². The Morgan fingerprint density at radius 1 is 1.00 bits per heavy atom. The van der Waals surface area contributed by atoms with Gasteiger partial charge < -0.3 is 9.47 Å². The first-order chi connectivity index (χ1) is 11.5. The Hall–Kier alpha value is -1.76. The number of hydrogen-bond acceptors (Lipinski definition) is 4. The van der Waals surface area contributed by atoms with Crippen LogP contribution in [0.1, 0.15) is 12.0 Å². The van der Waals surface area contributed by atoms with Crippen molar-refractivity contribution in [1.82, 2.24) is 4.72 Å². The van der Waals surface area contributed by atoms with Gasteiger partial charge in [0.05, 0.1) is 4.90 Å². The Morgan fingerprint density at radius 2 is 1.71 bits per heavy atom. The number of rotatable bonds is 6. The minimum absolute atomic E-state index is 0.179. The van der Waals surface area contributed by atoms with Crippen molar-refractivity contribution in [3.63, 3.8) is 0 Å². The predicted octanol–water partition coefficient (Wildman–Crippen LogP) is 3.02. The van der Waals surface area contributed by atoms with Crippen molar-refractivity contribution in [2.75, 3.05) is 19.8 Å². The van der Waals surface area contributed by atoms with E-state index in [1.54, 1.807) is 6.07 Å². The van der Waals surface area contributed by atoms with Gasteiger partial charge in [0.25, 0.3) is 0 Å². The van der Waals surface area contributed by atoms with Gasteiger partial charge in [0.15, 0.2) is 11.5 Å². The summed E-state index contributed by atoms with van der Waals surface area (Å²) in [6.45, 7) is 1.26. The lowest BCUT2D eigenvalue weighted by Crippen LogP contribution is -2.25. The molecule has 0 bridgehead atoms. The summed E-state index contributed by atoms with van der Waals surface area (Å²) in [4.78, 5) is 0.179. The van der Waals surface area contributed by atoms with E-state index in [0.29, 0.717) is 42.7 Å². The van der Waals surface area contributed by atoms with Gasteiger partial charge >= 0.3 is 0 Å². The Bertz CT molecular complexity index is 806. The van der Waals surface area contributed by atoms with Gasteiger partial charge in [-0.25, -0.2) is 13.1 Å². The quantitative estimate of drug-likeness (QED) is 0.797. The predicted molar refractivity (Wildman–Crippen MR) is 92.4 cm³/mol. The van der Waals surface area contributed by atoms with Crippen LogP contribution in [-0.4, -0.2) is 28.2 Å². The van der Waals surface area contributed by atoms with Crippen molar-refractivity contribution in [3.05, 3.63) is 53.1 Å². The molecule has 2 aromatic carbocycles. The third-order valence-electron chi connectivity index (χ3n) is 3.67. The minimum Gasteiger partial charge on any atom is -0.486 e. The summed E-state index contributed by atoms with van der Waals surface area (Å²) in [6.07, 6.45) is 1.48. The summed E-state index contributed by atoms with van der Waals surface area (Å²) in [5, 5.41) is 0.693. The second-order valence-corrected chi connectivity index (χ2v) is 7.64. The molecule has 0 unspecified atom stereocenters. The van der Waals surface area contributed by atoms with Gasteiger partial charge in [-0.2, -0.15) is 0 Å². The summed E-state index contributed by atoms with van der Waals surface area (Å²) in [5.41, 5.74) is 1.12. The number of sulfonamides is 1. The Kier molecular flexibility index (Phi) is 5.28. The maximum atomic E-state index is 12.3. The molecule has 0 atom stereocenters. The standard InChI is InChI=1S/C17H18ClNO4S/c18-14-5-3-13(4-6-14)2-1-9-19-24(20,21)15-7-8-16-17(12-15)23-11-10-22-16/h3-8,12,19H,1-2,9-11H2. The van der Waals surface area contributed by atoms with Crippen LogP contribution in [0.15, 0.2) is 47.4 Å². The Balaban J connectivity index is 1.57. The summed E-state index contributed by atoms with van der Waals surface area (Å²) in [6, 6.07) is 12.2. The van der Waals surface area contributed by atoms with E-state index in [2.05, 4.69) is 4.72 Å². The third kappa shape index (κ3) is 4.20. The van der Waals surface area contributed by atoms with Gasteiger partial charge in [-0.1, -0.05) is 23.7 Å². The number of hydrogen-bond donors (Lipinski definition) is 1. The molecule has 0 amide bonds. The Labute approximate surface area is 146 Å². The maximum Gasteiger partial charge on any atom is 0.240 e. The van der Waals surface area contributed by atoms with Crippen molar-refractivity contribution in [3.8, 4) is 11.5 Å². The fourth-order valence-electron chi connectivity index (χ4n) is 2.42. The highest BCUT2D eigenvalue weighted by Gasteiger charge is 2.18. The first kappa shape index (κ1) is 17.1. The molecule has 7 heteroatoms. The monoisotopic (exact) mass is 367 g/mol. The first-order valence-electron chi connectivity index (χ1n) is 7.68. The SMILES string of the molecule is O=S(=O)(NCCCc1ccc(Cl)cc1)c1ccc2c(c1)OCCO2. The number of ether oxygens (including phenoxy) is 2. The number of halogens is 1. The van der Waals surface area contributed by atoms with Crippen LogP contribution in [0.5, 0.6) is 11.5 Å². The molecule has 0 radical (unpaired) electrons. The van der Waals surface area contributed by atoms with E-state index in [9.17, 15) is 8.42 Å². The molecule has 1 aliphatic rings. The molecule has 1 aliphatic heterocycles. The topological polar surface area (TPSA) is 64.6 Å². The maximum absolute atomic E-state index is 12.3. The molecule has 0 saturated carbocycles. The molecule has 24 heavy (non-hydrogen) atoms. The average Bonchev–Trinajstić information content (AvgIpc) is 2.60. The van der Waals surface area contributed by atoms with Crippen LogP contribution in [0, 0.1) is 0 Å². The molecule has 1 N–H and O–H groups in total. The van der Waals surface area contributed by atoms with E-state index < -0.39 is 10.0 Å². The lowest BCUT2D eigenvalue weighted by atomic mass is 10.1.